The number of anilines is 3. The van der Waals surface area contributed by atoms with Crippen LogP contribution in [0, 0.1) is 29.1 Å². The zero-order valence-corrected chi connectivity index (χ0v) is 26.6. The number of hydrogen-bond acceptors (Lipinski definition) is 7. The average molecular weight is 652 g/mol. The first-order valence-electron chi connectivity index (χ1n) is 16.1. The van der Waals surface area contributed by atoms with E-state index in [1.807, 2.05) is 43.3 Å². The van der Waals surface area contributed by atoms with Gasteiger partial charge in [-0.2, -0.15) is 0 Å². The fourth-order valence-electron chi connectivity index (χ4n) is 8.82. The summed E-state index contributed by atoms with van der Waals surface area (Å²) in [5.74, 6) is -4.31. The number of carbonyl (C=O) groups excluding carboxylic acids is 4. The monoisotopic (exact) mass is 651 g/mol. The molecular weight excluding hydrogens is 618 g/mol. The van der Waals surface area contributed by atoms with E-state index >= 15 is 0 Å². The molecule has 10 heteroatoms. The Labute approximate surface area is 277 Å². The van der Waals surface area contributed by atoms with Crippen molar-refractivity contribution < 1.29 is 29.0 Å². The average Bonchev–Trinajstić information content (AvgIpc) is 3.45. The molecule has 0 aromatic heterocycles. The second kappa shape index (κ2) is 11.1. The predicted octanol–water partition coefficient (Wildman–Crippen LogP) is 5.32. The summed E-state index contributed by atoms with van der Waals surface area (Å²) in [6.45, 7) is 4.67. The summed E-state index contributed by atoms with van der Waals surface area (Å²) in [5.41, 5.74) is 2.26. The van der Waals surface area contributed by atoms with Gasteiger partial charge in [0.1, 0.15) is 5.75 Å². The first kappa shape index (κ1) is 29.9. The molecule has 1 saturated carbocycles. The van der Waals surface area contributed by atoms with Crippen molar-refractivity contribution in [3.63, 3.8) is 0 Å². The van der Waals surface area contributed by atoms with Gasteiger partial charge in [0, 0.05) is 29.7 Å². The number of imide groups is 2. The minimum Gasteiger partial charge on any atom is -0.508 e. The molecule has 0 spiro atoms. The molecule has 6 unspecified atom stereocenters. The van der Waals surface area contributed by atoms with E-state index in [0.29, 0.717) is 36.6 Å². The number of amides is 4. The van der Waals surface area contributed by atoms with E-state index in [1.54, 1.807) is 30.3 Å². The van der Waals surface area contributed by atoms with Crippen LogP contribution in [0.4, 0.5) is 17.1 Å². The highest BCUT2D eigenvalue weighted by Crippen LogP contribution is 2.64. The zero-order chi connectivity index (χ0) is 32.6. The number of nitrogens with zero attached hydrogens (tertiary/aromatic N) is 3. The lowest BCUT2D eigenvalue weighted by molar-refractivity contribution is -0.131. The second-order valence-corrected chi connectivity index (χ2v) is 13.7. The highest BCUT2D eigenvalue weighted by Gasteiger charge is 2.67. The molecule has 5 aliphatic rings. The summed E-state index contributed by atoms with van der Waals surface area (Å²) in [6, 6.07) is 21.0. The maximum absolute atomic E-state index is 14.5. The third-order valence-electron chi connectivity index (χ3n) is 11.1. The highest BCUT2D eigenvalue weighted by atomic mass is 35.5. The van der Waals surface area contributed by atoms with Crippen LogP contribution in [-0.2, 0) is 23.9 Å². The molecule has 3 saturated heterocycles. The van der Waals surface area contributed by atoms with E-state index in [2.05, 4.69) is 4.90 Å². The van der Waals surface area contributed by atoms with Crippen molar-refractivity contribution in [2.75, 3.05) is 41.0 Å². The smallest absolute Gasteiger partial charge is 0.241 e. The van der Waals surface area contributed by atoms with Gasteiger partial charge in [0.2, 0.25) is 23.6 Å². The lowest BCUT2D eigenvalue weighted by Gasteiger charge is -2.49. The number of fused-ring (bicyclic) bond motifs is 4. The van der Waals surface area contributed by atoms with Gasteiger partial charge in [0.25, 0.3) is 0 Å². The number of allylic oxidation sites excluding steroid dienone is 2. The van der Waals surface area contributed by atoms with Gasteiger partial charge in [0.05, 0.1) is 47.8 Å². The maximum Gasteiger partial charge on any atom is 0.241 e. The van der Waals surface area contributed by atoms with Crippen LogP contribution >= 0.6 is 11.6 Å². The lowest BCUT2D eigenvalue weighted by Crippen LogP contribution is -2.49. The molecular formula is C37H34ClN3O6. The number of hydrogen-bond donors (Lipinski definition) is 1. The Hall–Kier alpha value is -4.47. The van der Waals surface area contributed by atoms with Crippen molar-refractivity contribution in [2.24, 2.45) is 29.1 Å². The fourth-order valence-corrected chi connectivity index (χ4v) is 9.11. The standard InChI is InChI=1S/C37H34ClN3O6/c1-37-29(34(44)41(36(37)46)22-5-3-2-4-6-22)20-28-25(32(37)26-12-11-24(42)19-30(26)38)13-14-27-31(28)35(45)40(33(27)43)23-9-7-21(8-10-23)39-15-17-47-18-16-39/h2-13,19,27-29,31-32,42H,14-18,20H2,1H3. The van der Waals surface area contributed by atoms with E-state index in [-0.39, 0.29) is 40.8 Å². The Bertz CT molecular complexity index is 1840. The number of ether oxygens (including phenoxy) is 1. The van der Waals surface area contributed by atoms with Crippen LogP contribution in [0.25, 0.3) is 0 Å². The Kier molecular flexibility index (Phi) is 7.04. The third kappa shape index (κ3) is 4.39. The number of rotatable bonds is 4. The normalized spacial score (nSPS) is 30.3. The summed E-state index contributed by atoms with van der Waals surface area (Å²) in [5, 5.41) is 10.5. The number of halogens is 1. The number of aromatic hydroxyl groups is 1. The predicted molar refractivity (Wildman–Crippen MR) is 176 cm³/mol. The van der Waals surface area contributed by atoms with Crippen molar-refractivity contribution in [3.05, 3.63) is 95.0 Å². The van der Waals surface area contributed by atoms with Crippen LogP contribution in [0.5, 0.6) is 5.75 Å². The first-order chi connectivity index (χ1) is 22.7. The van der Waals surface area contributed by atoms with Gasteiger partial charge in [-0.3, -0.25) is 24.1 Å². The van der Waals surface area contributed by atoms with Gasteiger partial charge in [-0.1, -0.05) is 47.5 Å². The Morgan fingerprint density at radius 1 is 0.809 bits per heavy atom. The largest absolute Gasteiger partial charge is 0.508 e. The lowest BCUT2D eigenvalue weighted by atomic mass is 9.51. The summed E-state index contributed by atoms with van der Waals surface area (Å²) in [6.07, 6.45) is 2.59. The molecule has 4 amide bonds. The van der Waals surface area contributed by atoms with E-state index in [9.17, 15) is 24.3 Å². The molecule has 4 fully saturated rings. The zero-order valence-electron chi connectivity index (χ0n) is 25.8. The number of carbonyl (C=O) groups is 4. The van der Waals surface area contributed by atoms with Crippen molar-refractivity contribution >= 4 is 52.3 Å². The topological polar surface area (TPSA) is 107 Å². The third-order valence-corrected chi connectivity index (χ3v) is 11.4. The van der Waals surface area contributed by atoms with Gasteiger partial charge < -0.3 is 14.7 Å². The van der Waals surface area contributed by atoms with E-state index in [0.717, 1.165) is 24.4 Å². The number of phenols is 1. The molecule has 9 nitrogen and oxygen atoms in total. The summed E-state index contributed by atoms with van der Waals surface area (Å²) in [7, 11) is 0. The van der Waals surface area contributed by atoms with Crippen LogP contribution in [0.15, 0.2) is 84.4 Å². The molecule has 8 rings (SSSR count). The van der Waals surface area contributed by atoms with E-state index < -0.39 is 35.0 Å². The van der Waals surface area contributed by atoms with Crippen LogP contribution in [0.1, 0.15) is 31.2 Å². The van der Waals surface area contributed by atoms with Crippen molar-refractivity contribution in [3.8, 4) is 5.75 Å². The van der Waals surface area contributed by atoms with Crippen molar-refractivity contribution in [1.82, 2.24) is 0 Å². The molecule has 240 valence electrons. The summed E-state index contributed by atoms with van der Waals surface area (Å²) in [4.78, 5) is 61.9. The van der Waals surface area contributed by atoms with Crippen molar-refractivity contribution in [1.29, 1.82) is 0 Å². The molecule has 6 atom stereocenters. The summed E-state index contributed by atoms with van der Waals surface area (Å²) < 4.78 is 5.47. The molecule has 0 bridgehead atoms. The molecule has 47 heavy (non-hydrogen) atoms. The van der Waals surface area contributed by atoms with Gasteiger partial charge in [-0.15, -0.1) is 0 Å². The number of benzene rings is 3. The molecule has 3 aromatic rings. The number of phenolic OH excluding ortho intramolecular Hbond substituents is 1. The van der Waals surface area contributed by atoms with Crippen LogP contribution in [0.2, 0.25) is 5.02 Å². The molecule has 2 aliphatic carbocycles. The minimum absolute atomic E-state index is 0.0166. The van der Waals surface area contributed by atoms with Gasteiger partial charge in [0.15, 0.2) is 0 Å². The Morgan fingerprint density at radius 2 is 1.49 bits per heavy atom. The molecule has 3 heterocycles. The van der Waals surface area contributed by atoms with E-state index in [4.69, 9.17) is 16.3 Å². The van der Waals surface area contributed by atoms with Crippen LogP contribution < -0.4 is 14.7 Å². The van der Waals surface area contributed by atoms with Crippen LogP contribution in [0.3, 0.4) is 0 Å². The highest BCUT2D eigenvalue weighted by molar-refractivity contribution is 6.32. The molecule has 3 aliphatic heterocycles. The van der Waals surface area contributed by atoms with Gasteiger partial charge >= 0.3 is 0 Å². The van der Waals surface area contributed by atoms with Crippen LogP contribution in [-0.4, -0.2) is 55.0 Å². The minimum atomic E-state index is -1.20. The van der Waals surface area contributed by atoms with Crippen molar-refractivity contribution in [2.45, 2.75) is 25.7 Å². The molecule has 1 N–H and O–H groups in total. The number of para-hydroxylation sites is 1. The maximum atomic E-state index is 14.5. The van der Waals surface area contributed by atoms with Gasteiger partial charge in [-0.05, 0) is 79.8 Å². The fraction of sp³-hybridized carbons (Fsp3) is 0.351. The SMILES string of the molecule is CC12C(=O)N(c3ccccc3)C(=O)C1CC1C(=CCC3C(=O)N(c4ccc(N5CCOCC5)cc4)C(=O)C31)C2c1ccc(O)cc1Cl. The Morgan fingerprint density at radius 3 is 2.19 bits per heavy atom. The van der Waals surface area contributed by atoms with Gasteiger partial charge in [-0.25, -0.2) is 4.90 Å². The van der Waals surface area contributed by atoms with E-state index in [1.165, 1.54) is 21.9 Å². The Balaban J connectivity index is 1.19. The molecule has 3 aromatic carbocycles. The number of morpholine rings is 1. The molecule has 0 radical (unpaired) electrons. The first-order valence-corrected chi connectivity index (χ1v) is 16.5. The summed E-state index contributed by atoms with van der Waals surface area (Å²) >= 11 is 6.78. The second-order valence-electron chi connectivity index (χ2n) is 13.3. The quantitative estimate of drug-likeness (QED) is 0.301.